The van der Waals surface area contributed by atoms with Crippen LogP contribution in [0.3, 0.4) is 0 Å². The summed E-state index contributed by atoms with van der Waals surface area (Å²) in [6.45, 7) is 9.60. The minimum atomic E-state index is 0.0573. The van der Waals surface area contributed by atoms with Gasteiger partial charge in [-0.25, -0.2) is 4.98 Å². The number of fused-ring (bicyclic) bond motifs is 9. The molecule has 0 N–H and O–H groups in total. The molecule has 0 amide bonds. The van der Waals surface area contributed by atoms with Crippen molar-refractivity contribution < 1.29 is 0 Å². The van der Waals surface area contributed by atoms with Crippen LogP contribution in [0.1, 0.15) is 75.7 Å². The number of hydrogen-bond donors (Lipinski definition) is 0. The Hall–Kier alpha value is -1.57. The Kier molecular flexibility index (Phi) is 2.15. The number of hydrogen-bond acceptors (Lipinski definition) is 1. The predicted molar refractivity (Wildman–Crippen MR) is 89.3 cm³/mol. The normalized spacial score (nSPS) is 29.1. The first kappa shape index (κ1) is 12.9. The van der Waals surface area contributed by atoms with Gasteiger partial charge in [0.05, 0.1) is 5.69 Å². The third kappa shape index (κ3) is 1.23. The first-order valence-corrected chi connectivity index (χ1v) is 8.66. The molecule has 5 rings (SSSR count). The molecule has 114 valence electrons. The van der Waals surface area contributed by atoms with Gasteiger partial charge >= 0.3 is 0 Å². The highest BCUT2D eigenvalue weighted by Gasteiger charge is 2.51. The topological polar surface area (TPSA) is 17.8 Å². The third-order valence-corrected chi connectivity index (χ3v) is 7.08. The summed E-state index contributed by atoms with van der Waals surface area (Å²) >= 11 is 0. The maximum atomic E-state index is 5.18. The van der Waals surface area contributed by atoms with Crippen LogP contribution in [0.2, 0.25) is 0 Å². The minimum absolute atomic E-state index is 0.0573. The Bertz CT molecular complexity index is 794. The van der Waals surface area contributed by atoms with Crippen LogP contribution in [0.4, 0.5) is 0 Å². The van der Waals surface area contributed by atoms with Crippen molar-refractivity contribution in [3.63, 3.8) is 0 Å². The van der Waals surface area contributed by atoms with E-state index in [0.29, 0.717) is 0 Å². The molecule has 2 atom stereocenters. The molecule has 0 saturated heterocycles. The molecular formula is C20H24N2. The molecule has 2 nitrogen and oxygen atoms in total. The van der Waals surface area contributed by atoms with E-state index in [-0.39, 0.29) is 11.0 Å². The lowest BCUT2D eigenvalue weighted by molar-refractivity contribution is 0.189. The number of benzene rings is 1. The standard InChI is InChI=1S/C20H24N2/c1-19(2)15-8-6-5-7-14(15)18-21-16-12-9-10-13(11-12)17(16)22(18)20(19,3)4/h5-8,12-13H,9-11H2,1-4H3. The Morgan fingerprint density at radius 2 is 1.77 bits per heavy atom. The summed E-state index contributed by atoms with van der Waals surface area (Å²) in [7, 11) is 0. The molecule has 1 fully saturated rings. The molecule has 1 saturated carbocycles. The van der Waals surface area contributed by atoms with Gasteiger partial charge in [-0.1, -0.05) is 38.1 Å². The molecule has 0 spiro atoms. The second-order valence-electron chi connectivity index (χ2n) is 8.48. The van der Waals surface area contributed by atoms with E-state index in [4.69, 9.17) is 4.98 Å². The fourth-order valence-corrected chi connectivity index (χ4v) is 5.20. The lowest BCUT2D eigenvalue weighted by atomic mass is 9.65. The quantitative estimate of drug-likeness (QED) is 0.672. The highest BCUT2D eigenvalue weighted by atomic mass is 15.2. The van der Waals surface area contributed by atoms with Gasteiger partial charge in [0.1, 0.15) is 5.82 Å². The van der Waals surface area contributed by atoms with Gasteiger partial charge in [-0.3, -0.25) is 0 Å². The van der Waals surface area contributed by atoms with Crippen LogP contribution in [0.15, 0.2) is 24.3 Å². The first-order valence-electron chi connectivity index (χ1n) is 8.66. The van der Waals surface area contributed by atoms with Crippen molar-refractivity contribution in [3.8, 4) is 11.4 Å². The minimum Gasteiger partial charge on any atom is -0.321 e. The van der Waals surface area contributed by atoms with E-state index in [1.165, 1.54) is 41.9 Å². The van der Waals surface area contributed by atoms with Crippen LogP contribution < -0.4 is 0 Å². The maximum Gasteiger partial charge on any atom is 0.141 e. The monoisotopic (exact) mass is 292 g/mol. The second-order valence-corrected chi connectivity index (χ2v) is 8.48. The number of rotatable bonds is 0. The highest BCUT2D eigenvalue weighted by molar-refractivity contribution is 5.68. The van der Waals surface area contributed by atoms with Gasteiger partial charge < -0.3 is 4.57 Å². The predicted octanol–water partition coefficient (Wildman–Crippen LogP) is 4.94. The average Bonchev–Trinajstić information content (AvgIpc) is 3.17. The van der Waals surface area contributed by atoms with Crippen molar-refractivity contribution in [1.29, 1.82) is 0 Å². The van der Waals surface area contributed by atoms with E-state index in [1.807, 2.05) is 0 Å². The molecular weight excluding hydrogens is 268 g/mol. The maximum absolute atomic E-state index is 5.18. The van der Waals surface area contributed by atoms with E-state index in [2.05, 4.69) is 56.5 Å². The smallest absolute Gasteiger partial charge is 0.141 e. The van der Waals surface area contributed by atoms with Gasteiger partial charge in [0.2, 0.25) is 0 Å². The zero-order chi connectivity index (χ0) is 15.3. The molecule has 2 heteroatoms. The molecule has 2 unspecified atom stereocenters. The molecule has 3 aliphatic rings. The second kappa shape index (κ2) is 3.67. The number of imidazole rings is 1. The zero-order valence-corrected chi connectivity index (χ0v) is 14.0. The molecule has 1 aromatic heterocycles. The van der Waals surface area contributed by atoms with Crippen molar-refractivity contribution >= 4 is 0 Å². The molecule has 22 heavy (non-hydrogen) atoms. The third-order valence-electron chi connectivity index (χ3n) is 7.08. The first-order chi connectivity index (χ1) is 10.4. The fourth-order valence-electron chi connectivity index (χ4n) is 5.20. The Morgan fingerprint density at radius 1 is 1.05 bits per heavy atom. The van der Waals surface area contributed by atoms with Gasteiger partial charge in [0.15, 0.2) is 0 Å². The van der Waals surface area contributed by atoms with Gasteiger partial charge in [0, 0.05) is 34.0 Å². The van der Waals surface area contributed by atoms with Crippen molar-refractivity contribution in [2.45, 2.75) is 69.7 Å². The molecule has 2 aliphatic carbocycles. The summed E-state index contributed by atoms with van der Waals surface area (Å²) in [5, 5.41) is 0. The van der Waals surface area contributed by atoms with E-state index < -0.39 is 0 Å². The number of aromatic nitrogens is 2. The van der Waals surface area contributed by atoms with Crippen LogP contribution in [0.25, 0.3) is 11.4 Å². The Morgan fingerprint density at radius 3 is 2.59 bits per heavy atom. The fraction of sp³-hybridized carbons (Fsp3) is 0.550. The van der Waals surface area contributed by atoms with Gasteiger partial charge in [-0.05, 0) is 38.7 Å². The van der Waals surface area contributed by atoms with E-state index in [0.717, 1.165) is 11.8 Å². The summed E-state index contributed by atoms with van der Waals surface area (Å²) in [6, 6.07) is 8.90. The van der Waals surface area contributed by atoms with Crippen LogP contribution in [0, 0.1) is 0 Å². The van der Waals surface area contributed by atoms with Crippen LogP contribution >= 0.6 is 0 Å². The van der Waals surface area contributed by atoms with Crippen LogP contribution in [-0.2, 0) is 11.0 Å². The van der Waals surface area contributed by atoms with E-state index in [9.17, 15) is 0 Å². The number of nitrogens with zero attached hydrogens (tertiary/aromatic N) is 2. The molecule has 2 aromatic rings. The lowest BCUT2D eigenvalue weighted by Gasteiger charge is -2.49. The van der Waals surface area contributed by atoms with E-state index in [1.54, 1.807) is 5.69 Å². The lowest BCUT2D eigenvalue weighted by Crippen LogP contribution is -2.49. The summed E-state index contributed by atoms with van der Waals surface area (Å²) < 4.78 is 2.62. The summed E-state index contributed by atoms with van der Waals surface area (Å²) in [5.41, 5.74) is 5.95. The average molecular weight is 292 g/mol. The zero-order valence-electron chi connectivity index (χ0n) is 14.0. The van der Waals surface area contributed by atoms with Gasteiger partial charge in [-0.15, -0.1) is 0 Å². The SMILES string of the molecule is CC1(C)c2ccccc2-c2nc3c(n2C1(C)C)C1CCC3C1. The van der Waals surface area contributed by atoms with Gasteiger partial charge in [0.25, 0.3) is 0 Å². The van der Waals surface area contributed by atoms with Crippen molar-refractivity contribution in [1.82, 2.24) is 9.55 Å². The molecule has 2 heterocycles. The summed E-state index contributed by atoms with van der Waals surface area (Å²) in [6.07, 6.45) is 4.05. The summed E-state index contributed by atoms with van der Waals surface area (Å²) in [4.78, 5) is 5.18. The van der Waals surface area contributed by atoms with Crippen LogP contribution in [-0.4, -0.2) is 9.55 Å². The van der Waals surface area contributed by atoms with E-state index >= 15 is 0 Å². The highest BCUT2D eigenvalue weighted by Crippen LogP contribution is 2.58. The van der Waals surface area contributed by atoms with Crippen LogP contribution in [0.5, 0.6) is 0 Å². The molecule has 2 bridgehead atoms. The van der Waals surface area contributed by atoms with Crippen molar-refractivity contribution in [3.05, 3.63) is 41.2 Å². The summed E-state index contributed by atoms with van der Waals surface area (Å²) in [5.74, 6) is 2.70. The van der Waals surface area contributed by atoms with Crippen molar-refractivity contribution in [2.75, 3.05) is 0 Å². The Labute approximate surface area is 132 Å². The van der Waals surface area contributed by atoms with Gasteiger partial charge in [-0.2, -0.15) is 0 Å². The molecule has 1 aromatic carbocycles. The Balaban J connectivity index is 1.90. The molecule has 1 aliphatic heterocycles. The largest absolute Gasteiger partial charge is 0.321 e. The van der Waals surface area contributed by atoms with Crippen molar-refractivity contribution in [2.24, 2.45) is 0 Å². The molecule has 0 radical (unpaired) electrons.